The molecule has 6 nitrogen and oxygen atoms in total. The topological polar surface area (TPSA) is 107 Å². The molecule has 2 rings (SSSR count). The van der Waals surface area contributed by atoms with Crippen LogP contribution >= 0.6 is 0 Å². The number of carbonyl (C=O) groups is 1. The van der Waals surface area contributed by atoms with Crippen molar-refractivity contribution in [2.24, 2.45) is 0 Å². The van der Waals surface area contributed by atoms with Gasteiger partial charge in [-0.25, -0.2) is 8.42 Å². The van der Waals surface area contributed by atoms with Crippen molar-refractivity contribution >= 4 is 32.5 Å². The van der Waals surface area contributed by atoms with Crippen molar-refractivity contribution in [3.63, 3.8) is 0 Å². The normalized spacial score (nSPS) is 11.8. The zero-order chi connectivity index (χ0) is 15.6. The molecule has 2 aromatic carbocycles. The minimum Gasteiger partial charge on any atom is -0.744 e. The van der Waals surface area contributed by atoms with Crippen LogP contribution < -0.4 is 34.9 Å². The van der Waals surface area contributed by atoms with E-state index in [4.69, 9.17) is 5.11 Å². The smallest absolute Gasteiger partial charge is 0.744 e. The SMILES string of the molecule is CC(O)=CC(=O)Nc1ccc(S(=O)(=O)[O-])c2ccccc12.[Na+]. The Morgan fingerprint density at radius 2 is 1.77 bits per heavy atom. The first kappa shape index (κ1) is 18.7. The molecule has 0 atom stereocenters. The number of hydrogen-bond donors (Lipinski definition) is 2. The maximum atomic E-state index is 11.6. The van der Waals surface area contributed by atoms with Crippen LogP contribution in [0.1, 0.15) is 6.92 Å². The average molecular weight is 329 g/mol. The number of fused-ring (bicyclic) bond motifs is 1. The Labute approximate surface area is 149 Å². The van der Waals surface area contributed by atoms with Crippen molar-refractivity contribution in [2.45, 2.75) is 11.8 Å². The summed E-state index contributed by atoms with van der Waals surface area (Å²) in [5.41, 5.74) is 0.348. The molecule has 22 heavy (non-hydrogen) atoms. The Bertz CT molecular complexity index is 841. The summed E-state index contributed by atoms with van der Waals surface area (Å²) >= 11 is 0. The van der Waals surface area contributed by atoms with Crippen LogP contribution in [0.15, 0.2) is 53.1 Å². The van der Waals surface area contributed by atoms with Crippen LogP contribution in [0.2, 0.25) is 0 Å². The van der Waals surface area contributed by atoms with Crippen LogP contribution in [-0.2, 0) is 14.9 Å². The van der Waals surface area contributed by atoms with Crippen molar-refractivity contribution in [1.29, 1.82) is 0 Å². The minimum absolute atomic E-state index is 0. The second-order valence-corrected chi connectivity index (χ2v) is 5.73. The first-order valence-corrected chi connectivity index (χ1v) is 7.36. The predicted octanol–water partition coefficient (Wildman–Crippen LogP) is -0.852. The van der Waals surface area contributed by atoms with E-state index in [9.17, 15) is 17.8 Å². The molecule has 2 N–H and O–H groups in total. The van der Waals surface area contributed by atoms with Gasteiger partial charge in [-0.1, -0.05) is 24.3 Å². The first-order chi connectivity index (χ1) is 9.79. The van der Waals surface area contributed by atoms with Crippen molar-refractivity contribution in [3.8, 4) is 0 Å². The maximum Gasteiger partial charge on any atom is 1.00 e. The van der Waals surface area contributed by atoms with Gasteiger partial charge in [0.25, 0.3) is 5.91 Å². The zero-order valence-corrected chi connectivity index (χ0v) is 14.8. The molecular formula is C14H12NNaO5S. The Morgan fingerprint density at radius 1 is 1.18 bits per heavy atom. The third kappa shape index (κ3) is 4.31. The fraction of sp³-hybridized carbons (Fsp3) is 0.0714. The van der Waals surface area contributed by atoms with Gasteiger partial charge < -0.3 is 15.0 Å². The van der Waals surface area contributed by atoms with Gasteiger partial charge in [0, 0.05) is 22.5 Å². The standard InChI is InChI=1S/C14H13NO5S.Na/c1-9(16)8-14(17)15-12-6-7-13(21(18,19)20)11-5-3-2-4-10(11)12;/h2-8,16H,1H3,(H,15,17)(H,18,19,20);/q;+1/p-1. The van der Waals surface area contributed by atoms with Crippen molar-refractivity contribution < 1.29 is 52.4 Å². The third-order valence-electron chi connectivity index (χ3n) is 2.75. The van der Waals surface area contributed by atoms with Crippen molar-refractivity contribution in [2.75, 3.05) is 5.32 Å². The van der Waals surface area contributed by atoms with Gasteiger partial charge in [-0.15, -0.1) is 0 Å². The van der Waals surface area contributed by atoms with E-state index in [0.29, 0.717) is 11.1 Å². The molecule has 0 spiro atoms. The fourth-order valence-electron chi connectivity index (χ4n) is 1.96. The molecule has 0 aliphatic carbocycles. The maximum absolute atomic E-state index is 11.6. The van der Waals surface area contributed by atoms with Gasteiger partial charge in [-0.2, -0.15) is 0 Å². The minimum atomic E-state index is -4.61. The monoisotopic (exact) mass is 329 g/mol. The molecule has 0 aliphatic rings. The summed E-state index contributed by atoms with van der Waals surface area (Å²) in [7, 11) is -4.61. The fourth-order valence-corrected chi connectivity index (χ4v) is 2.64. The van der Waals surface area contributed by atoms with Gasteiger partial charge in [0.15, 0.2) is 0 Å². The van der Waals surface area contributed by atoms with Gasteiger partial charge >= 0.3 is 29.6 Å². The molecule has 0 radical (unpaired) electrons. The second-order valence-electron chi connectivity index (χ2n) is 4.39. The van der Waals surface area contributed by atoms with Gasteiger partial charge in [0.05, 0.1) is 10.7 Å². The number of allylic oxidation sites excluding steroid dienone is 1. The molecule has 8 heteroatoms. The molecular weight excluding hydrogens is 317 g/mol. The summed E-state index contributed by atoms with van der Waals surface area (Å²) in [5, 5.41) is 12.2. The zero-order valence-electron chi connectivity index (χ0n) is 12.0. The Balaban J connectivity index is 0.00000242. The summed E-state index contributed by atoms with van der Waals surface area (Å²) in [4.78, 5) is 11.3. The summed E-state index contributed by atoms with van der Waals surface area (Å²) in [5.74, 6) is -0.714. The number of benzene rings is 2. The molecule has 0 saturated heterocycles. The summed E-state index contributed by atoms with van der Waals surface area (Å²) < 4.78 is 33.7. The molecule has 0 heterocycles. The number of hydrogen-bond acceptors (Lipinski definition) is 5. The summed E-state index contributed by atoms with van der Waals surface area (Å²) in [6.45, 7) is 1.35. The molecule has 110 valence electrons. The number of anilines is 1. The Morgan fingerprint density at radius 3 is 2.32 bits per heavy atom. The quantitative estimate of drug-likeness (QED) is 0.330. The van der Waals surface area contributed by atoms with E-state index in [-0.39, 0.29) is 45.6 Å². The summed E-state index contributed by atoms with van der Waals surface area (Å²) in [6.07, 6.45) is 0.993. The molecule has 0 aromatic heterocycles. The first-order valence-electron chi connectivity index (χ1n) is 5.95. The molecule has 0 aliphatic heterocycles. The number of carbonyl (C=O) groups excluding carboxylic acids is 1. The van der Waals surface area contributed by atoms with Crippen LogP contribution in [0.4, 0.5) is 5.69 Å². The summed E-state index contributed by atoms with van der Waals surface area (Å²) in [6, 6.07) is 8.83. The van der Waals surface area contributed by atoms with E-state index < -0.39 is 16.0 Å². The van der Waals surface area contributed by atoms with E-state index in [0.717, 1.165) is 12.1 Å². The average Bonchev–Trinajstić information content (AvgIpc) is 2.36. The van der Waals surface area contributed by atoms with Crippen LogP contribution in [0.25, 0.3) is 10.8 Å². The van der Waals surface area contributed by atoms with E-state index >= 15 is 0 Å². The van der Waals surface area contributed by atoms with Crippen LogP contribution in [0.5, 0.6) is 0 Å². The Hall–Kier alpha value is -1.38. The number of aliphatic hydroxyl groups excluding tert-OH is 1. The molecule has 2 aromatic rings. The largest absolute Gasteiger partial charge is 1.00 e. The number of nitrogens with one attached hydrogen (secondary N) is 1. The van der Waals surface area contributed by atoms with E-state index in [1.807, 2.05) is 0 Å². The number of amides is 1. The van der Waals surface area contributed by atoms with E-state index in [2.05, 4.69) is 5.32 Å². The van der Waals surface area contributed by atoms with Crippen LogP contribution in [0, 0.1) is 0 Å². The van der Waals surface area contributed by atoms with Crippen LogP contribution in [-0.4, -0.2) is 24.0 Å². The molecule has 1 amide bonds. The van der Waals surface area contributed by atoms with Crippen molar-refractivity contribution in [3.05, 3.63) is 48.2 Å². The predicted molar refractivity (Wildman–Crippen MR) is 76.9 cm³/mol. The van der Waals surface area contributed by atoms with Gasteiger partial charge in [-0.3, -0.25) is 4.79 Å². The van der Waals surface area contributed by atoms with Crippen molar-refractivity contribution in [1.82, 2.24) is 0 Å². The number of rotatable bonds is 3. The van der Waals surface area contributed by atoms with Crippen LogP contribution in [0.3, 0.4) is 0 Å². The second kappa shape index (κ2) is 7.26. The number of aliphatic hydroxyl groups is 1. The molecule has 0 bridgehead atoms. The Kier molecular flexibility index (Phi) is 6.16. The van der Waals surface area contributed by atoms with Gasteiger partial charge in [0.2, 0.25) is 0 Å². The molecule has 0 fully saturated rings. The van der Waals surface area contributed by atoms with E-state index in [1.165, 1.54) is 19.1 Å². The van der Waals surface area contributed by atoms with Gasteiger partial charge in [0.1, 0.15) is 10.1 Å². The molecule has 0 unspecified atom stereocenters. The van der Waals surface area contributed by atoms with E-state index in [1.54, 1.807) is 18.2 Å². The molecule has 0 saturated carbocycles. The van der Waals surface area contributed by atoms with Gasteiger partial charge in [-0.05, 0) is 19.1 Å². The third-order valence-corrected chi connectivity index (χ3v) is 3.65.